The van der Waals surface area contributed by atoms with Gasteiger partial charge in [0.2, 0.25) is 5.78 Å². The largest absolute Gasteiger partial charge is 0.573 e. The Balaban J connectivity index is 2.36. The van der Waals surface area contributed by atoms with Crippen molar-refractivity contribution < 1.29 is 22.7 Å². The molecule has 0 amide bonds. The van der Waals surface area contributed by atoms with Gasteiger partial charge in [-0.25, -0.2) is 0 Å². The third-order valence-electron chi connectivity index (χ3n) is 1.95. The van der Waals surface area contributed by atoms with E-state index >= 15 is 0 Å². The molecule has 1 heterocycles. The molecular formula is C10H5F3N2O2S. The van der Waals surface area contributed by atoms with Crippen molar-refractivity contribution >= 4 is 17.3 Å². The molecule has 0 saturated heterocycles. The number of rotatable bonds is 3. The minimum absolute atomic E-state index is 0.0155. The number of nitrogens with zero attached hydrogens (tertiary/aromatic N) is 2. The fourth-order valence-corrected chi connectivity index (χ4v) is 1.71. The van der Waals surface area contributed by atoms with Crippen molar-refractivity contribution in [1.82, 2.24) is 9.59 Å². The van der Waals surface area contributed by atoms with E-state index in [4.69, 9.17) is 0 Å². The molecule has 0 saturated carbocycles. The minimum Gasteiger partial charge on any atom is -0.405 e. The second kappa shape index (κ2) is 4.73. The Labute approximate surface area is 103 Å². The maximum absolute atomic E-state index is 12.2. The number of carbonyl (C=O) groups excluding carboxylic acids is 1. The zero-order valence-electron chi connectivity index (χ0n) is 8.64. The average Bonchev–Trinajstić information content (AvgIpc) is 2.80. The van der Waals surface area contributed by atoms with Gasteiger partial charge in [-0.3, -0.25) is 4.79 Å². The number of para-hydroxylation sites is 1. The van der Waals surface area contributed by atoms with E-state index in [-0.39, 0.29) is 11.3 Å². The maximum Gasteiger partial charge on any atom is 0.573 e. The predicted molar refractivity (Wildman–Crippen MR) is 56.5 cm³/mol. The third kappa shape index (κ3) is 2.83. The summed E-state index contributed by atoms with van der Waals surface area (Å²) in [6.45, 7) is 0. The van der Waals surface area contributed by atoms with Gasteiger partial charge in [-0.15, -0.1) is 18.3 Å². The predicted octanol–water partition coefficient (Wildman–Crippen LogP) is 2.67. The lowest BCUT2D eigenvalue weighted by Gasteiger charge is -2.11. The molecule has 2 aromatic rings. The van der Waals surface area contributed by atoms with Crippen molar-refractivity contribution in [1.29, 1.82) is 0 Å². The molecule has 18 heavy (non-hydrogen) atoms. The van der Waals surface area contributed by atoms with Gasteiger partial charge in [0.25, 0.3) is 0 Å². The molecule has 4 nitrogen and oxygen atoms in total. The van der Waals surface area contributed by atoms with Gasteiger partial charge < -0.3 is 4.74 Å². The number of alkyl halides is 3. The van der Waals surface area contributed by atoms with E-state index in [9.17, 15) is 18.0 Å². The first-order chi connectivity index (χ1) is 8.47. The summed E-state index contributed by atoms with van der Waals surface area (Å²) in [5, 5.41) is 4.87. The Hall–Kier alpha value is -1.96. The van der Waals surface area contributed by atoms with Crippen LogP contribution >= 0.6 is 11.5 Å². The minimum atomic E-state index is -4.85. The van der Waals surface area contributed by atoms with Crippen molar-refractivity contribution in [3.8, 4) is 5.75 Å². The number of halogens is 3. The highest BCUT2D eigenvalue weighted by Gasteiger charge is 2.33. The van der Waals surface area contributed by atoms with E-state index in [0.29, 0.717) is 0 Å². The third-order valence-corrected chi connectivity index (χ3v) is 2.45. The molecule has 94 valence electrons. The van der Waals surface area contributed by atoms with Crippen molar-refractivity contribution in [2.45, 2.75) is 6.36 Å². The summed E-state index contributed by atoms with van der Waals surface area (Å²) >= 11 is 0.937. The molecule has 1 aromatic carbocycles. The monoisotopic (exact) mass is 274 g/mol. The van der Waals surface area contributed by atoms with Gasteiger partial charge in [-0.05, 0) is 23.7 Å². The van der Waals surface area contributed by atoms with Crippen LogP contribution in [0.15, 0.2) is 29.6 Å². The summed E-state index contributed by atoms with van der Waals surface area (Å²) in [6, 6.07) is 5.09. The first-order valence-corrected chi connectivity index (χ1v) is 5.47. The summed E-state index contributed by atoms with van der Waals surface area (Å²) in [7, 11) is 0. The molecular weight excluding hydrogens is 269 g/mol. The van der Waals surface area contributed by atoms with Gasteiger partial charge in [0.05, 0.1) is 5.56 Å². The number of benzene rings is 1. The molecule has 0 atom stereocenters. The summed E-state index contributed by atoms with van der Waals surface area (Å²) in [5.41, 5.74) is -0.222. The van der Waals surface area contributed by atoms with Gasteiger partial charge in [0.1, 0.15) is 11.4 Å². The van der Waals surface area contributed by atoms with E-state index in [1.807, 2.05) is 0 Å². The topological polar surface area (TPSA) is 52.1 Å². The van der Waals surface area contributed by atoms with Crippen LogP contribution < -0.4 is 4.74 Å². The second-order valence-corrected chi connectivity index (χ2v) is 3.77. The van der Waals surface area contributed by atoms with E-state index < -0.39 is 17.9 Å². The molecule has 0 fully saturated rings. The van der Waals surface area contributed by atoms with Gasteiger partial charge in [0.15, 0.2) is 0 Å². The zero-order chi connectivity index (χ0) is 13.2. The Morgan fingerprint density at radius 1 is 1.28 bits per heavy atom. The van der Waals surface area contributed by atoms with E-state index in [0.717, 1.165) is 17.6 Å². The molecule has 8 heteroatoms. The fraction of sp³-hybridized carbons (Fsp3) is 0.100. The van der Waals surface area contributed by atoms with Crippen LogP contribution in [0.3, 0.4) is 0 Å². The molecule has 0 aliphatic rings. The van der Waals surface area contributed by atoms with Gasteiger partial charge in [0, 0.05) is 5.38 Å². The number of hydrogen-bond donors (Lipinski definition) is 0. The maximum atomic E-state index is 12.2. The Bertz CT molecular complexity index is 555. The Morgan fingerprint density at radius 2 is 2.00 bits per heavy atom. The number of carbonyl (C=O) groups is 1. The molecule has 0 spiro atoms. The lowest BCUT2D eigenvalue weighted by Crippen LogP contribution is -2.19. The van der Waals surface area contributed by atoms with Crippen LogP contribution in [0.4, 0.5) is 13.2 Å². The van der Waals surface area contributed by atoms with E-state index in [2.05, 4.69) is 14.3 Å². The highest BCUT2D eigenvalue weighted by molar-refractivity contribution is 7.03. The highest BCUT2D eigenvalue weighted by Crippen LogP contribution is 2.27. The van der Waals surface area contributed by atoms with Crippen LogP contribution in [0.25, 0.3) is 0 Å². The molecule has 2 rings (SSSR count). The molecule has 0 radical (unpaired) electrons. The lowest BCUT2D eigenvalue weighted by atomic mass is 10.1. The summed E-state index contributed by atoms with van der Waals surface area (Å²) in [6.07, 6.45) is -4.85. The van der Waals surface area contributed by atoms with Crippen molar-refractivity contribution in [2.24, 2.45) is 0 Å². The summed E-state index contributed by atoms with van der Waals surface area (Å²) in [4.78, 5) is 11.9. The fourth-order valence-electron chi connectivity index (χ4n) is 1.27. The van der Waals surface area contributed by atoms with Crippen molar-refractivity contribution in [3.05, 3.63) is 40.9 Å². The first kappa shape index (κ1) is 12.5. The van der Waals surface area contributed by atoms with Crippen LogP contribution in [-0.2, 0) is 0 Å². The van der Waals surface area contributed by atoms with Crippen LogP contribution in [0.1, 0.15) is 16.1 Å². The first-order valence-electron chi connectivity index (χ1n) is 4.64. The molecule has 0 aliphatic heterocycles. The zero-order valence-corrected chi connectivity index (χ0v) is 9.46. The average molecular weight is 274 g/mol. The highest BCUT2D eigenvalue weighted by atomic mass is 32.1. The number of hydrogen-bond acceptors (Lipinski definition) is 5. The molecule has 1 aromatic heterocycles. The molecule has 0 unspecified atom stereocenters. The van der Waals surface area contributed by atoms with E-state index in [1.54, 1.807) is 0 Å². The smallest absolute Gasteiger partial charge is 0.405 e. The van der Waals surface area contributed by atoms with Crippen molar-refractivity contribution in [2.75, 3.05) is 0 Å². The summed E-state index contributed by atoms with van der Waals surface area (Å²) in [5.74, 6) is -1.22. The van der Waals surface area contributed by atoms with Crippen LogP contribution in [-0.4, -0.2) is 21.7 Å². The number of aromatic nitrogens is 2. The second-order valence-electron chi connectivity index (χ2n) is 3.16. The van der Waals surface area contributed by atoms with Gasteiger partial charge >= 0.3 is 6.36 Å². The summed E-state index contributed by atoms with van der Waals surface area (Å²) < 4.78 is 43.8. The quantitative estimate of drug-likeness (QED) is 0.807. The SMILES string of the molecule is O=C(c1csnn1)c1ccccc1OC(F)(F)F. The number of ketones is 1. The lowest BCUT2D eigenvalue weighted by molar-refractivity contribution is -0.274. The standard InChI is InChI=1S/C10H5F3N2O2S/c11-10(12,13)17-8-4-2-1-3-6(8)9(16)7-5-18-15-14-7/h1-5H. The number of ether oxygens (including phenoxy) is 1. The Morgan fingerprint density at radius 3 is 2.61 bits per heavy atom. The normalized spacial score (nSPS) is 11.3. The molecule has 0 N–H and O–H groups in total. The van der Waals surface area contributed by atoms with E-state index in [1.165, 1.54) is 23.6 Å². The molecule has 0 aliphatic carbocycles. The van der Waals surface area contributed by atoms with Gasteiger partial charge in [-0.1, -0.05) is 16.6 Å². The van der Waals surface area contributed by atoms with Crippen LogP contribution in [0.2, 0.25) is 0 Å². The van der Waals surface area contributed by atoms with Gasteiger partial charge in [-0.2, -0.15) is 0 Å². The van der Waals surface area contributed by atoms with Crippen molar-refractivity contribution in [3.63, 3.8) is 0 Å². The van der Waals surface area contributed by atoms with Crippen LogP contribution in [0.5, 0.6) is 5.75 Å². The van der Waals surface area contributed by atoms with Crippen LogP contribution in [0, 0.1) is 0 Å². The Kier molecular flexibility index (Phi) is 3.28. The molecule has 0 bridgehead atoms.